The topological polar surface area (TPSA) is 152 Å². The van der Waals surface area contributed by atoms with E-state index < -0.39 is 35.9 Å². The molecule has 0 spiro atoms. The molecule has 18 heteroatoms. The number of alkyl halides is 2. The number of hydrogen-bond donors (Lipinski definition) is 3. The van der Waals surface area contributed by atoms with E-state index >= 15 is 13.2 Å². The van der Waals surface area contributed by atoms with Crippen molar-refractivity contribution in [3.63, 3.8) is 0 Å². The van der Waals surface area contributed by atoms with E-state index in [-0.39, 0.29) is 56.6 Å². The van der Waals surface area contributed by atoms with Crippen molar-refractivity contribution in [3.8, 4) is 5.75 Å². The highest BCUT2D eigenvalue weighted by Gasteiger charge is 2.51. The molecule has 3 N–H and O–H groups in total. The van der Waals surface area contributed by atoms with Crippen LogP contribution in [0.1, 0.15) is 74.5 Å². The molecule has 5 aromatic rings. The summed E-state index contributed by atoms with van der Waals surface area (Å²) in [5, 5.41) is 14.1. The maximum atomic E-state index is 16.6. The smallest absolute Gasteiger partial charge is 0.301 e. The van der Waals surface area contributed by atoms with Crippen molar-refractivity contribution in [1.82, 2.24) is 34.5 Å². The highest BCUT2D eigenvalue weighted by atomic mass is 35.5. The van der Waals surface area contributed by atoms with E-state index in [1.165, 1.54) is 29.4 Å². The van der Waals surface area contributed by atoms with Crippen molar-refractivity contribution in [2.24, 2.45) is 25.9 Å². The van der Waals surface area contributed by atoms with Crippen LogP contribution in [0, 0.1) is 17.7 Å². The normalized spacial score (nSPS) is 22.6. The number of ether oxygens (including phenoxy) is 1. The second kappa shape index (κ2) is 15.7. The van der Waals surface area contributed by atoms with Gasteiger partial charge in [-0.1, -0.05) is 23.7 Å². The van der Waals surface area contributed by atoms with E-state index in [1.54, 1.807) is 6.07 Å². The van der Waals surface area contributed by atoms with Gasteiger partial charge in [0.25, 0.3) is 5.56 Å². The third kappa shape index (κ3) is 7.39. The number of amides is 2. The molecule has 4 fully saturated rings. The van der Waals surface area contributed by atoms with Crippen LogP contribution in [0.15, 0.2) is 41.3 Å². The zero-order valence-corrected chi connectivity index (χ0v) is 35.3. The van der Waals surface area contributed by atoms with Gasteiger partial charge in [0.05, 0.1) is 51.6 Å². The van der Waals surface area contributed by atoms with Gasteiger partial charge in [-0.3, -0.25) is 24.4 Å². The highest BCUT2D eigenvalue weighted by Crippen LogP contribution is 2.46. The fourth-order valence-electron chi connectivity index (χ4n) is 9.97. The van der Waals surface area contributed by atoms with Crippen LogP contribution in [-0.4, -0.2) is 92.3 Å². The first-order valence-corrected chi connectivity index (χ1v) is 21.9. The number of nitrogens with zero attached hydrogens (tertiary/aromatic N) is 7. The van der Waals surface area contributed by atoms with Gasteiger partial charge < -0.3 is 29.7 Å². The average molecular weight is 873 g/mol. The van der Waals surface area contributed by atoms with Gasteiger partial charge in [0.1, 0.15) is 5.02 Å². The minimum absolute atomic E-state index is 0.00426. The number of imide groups is 1. The molecule has 1 aliphatic carbocycles. The quantitative estimate of drug-likeness (QED) is 0.145. The zero-order valence-electron chi connectivity index (χ0n) is 34.5. The summed E-state index contributed by atoms with van der Waals surface area (Å²) < 4.78 is 55.4. The predicted octanol–water partition coefficient (Wildman–Crippen LogP) is 6.59. The molecular formula is C44H48ClF3N10O4. The monoisotopic (exact) mass is 872 g/mol. The van der Waals surface area contributed by atoms with Crippen molar-refractivity contribution in [2.45, 2.75) is 75.2 Å². The molecule has 14 nitrogen and oxygen atoms in total. The standard InChI is InChI=1S/C44H48ClF3N10O4/c1-55-31-9-8-30(35(46)34(31)37-38(42(55)61)62-22-44(47,48)39(52-37)25-3-4-25)50-40-29(45)20-49-43(53-40)58-17-11-23(12-18-58)21-57-15-13-24(14-16-57)26-5-6-27-32(19-26)56(2)54-36(27)28-7-10-33(59)51-41(28)60/h5-6,8-9,19-20,23-25,28,39,52H,3-4,7,10-18,21-22H2,1-2H3,(H,49,50,53)(H,51,59,60)/t28?,39-/m0/s1. The minimum atomic E-state index is -3.26. The first-order valence-electron chi connectivity index (χ1n) is 21.5. The summed E-state index contributed by atoms with van der Waals surface area (Å²) in [6.45, 7) is 3.54. The molecule has 7 heterocycles. The third-order valence-corrected chi connectivity index (χ3v) is 13.9. The summed E-state index contributed by atoms with van der Waals surface area (Å²) in [4.78, 5) is 51.4. The number of carbonyl (C=O) groups excluding carboxylic acids is 2. The number of hydrogen-bond acceptors (Lipinski definition) is 11. The first kappa shape index (κ1) is 40.6. The average Bonchev–Trinajstić information content (AvgIpc) is 4.07. The molecule has 1 unspecified atom stereocenters. The van der Waals surface area contributed by atoms with Gasteiger partial charge in [0.15, 0.2) is 18.2 Å². The third-order valence-electron chi connectivity index (χ3n) is 13.6. The van der Waals surface area contributed by atoms with Crippen LogP contribution in [-0.2, 0) is 23.7 Å². The maximum Gasteiger partial charge on any atom is 0.301 e. The summed E-state index contributed by atoms with van der Waals surface area (Å²) >= 11 is 6.56. The Morgan fingerprint density at radius 3 is 2.48 bits per heavy atom. The Kier molecular flexibility index (Phi) is 10.3. The Morgan fingerprint density at radius 1 is 0.968 bits per heavy atom. The number of likely N-dealkylation sites (tertiary alicyclic amines) is 1. The molecular weight excluding hydrogens is 825 g/mol. The van der Waals surface area contributed by atoms with Crippen molar-refractivity contribution in [3.05, 3.63) is 69.0 Å². The van der Waals surface area contributed by atoms with Crippen LogP contribution in [0.5, 0.6) is 5.75 Å². The number of nitrogens with one attached hydrogen (secondary N) is 3. The fourth-order valence-corrected chi connectivity index (χ4v) is 10.1. The number of carbonyl (C=O) groups is 2. The highest BCUT2D eigenvalue weighted by molar-refractivity contribution is 6.33. The van der Waals surface area contributed by atoms with E-state index in [0.29, 0.717) is 43.5 Å². The first-order chi connectivity index (χ1) is 29.8. The molecule has 2 aromatic carbocycles. The molecule has 2 atom stereocenters. The van der Waals surface area contributed by atoms with Crippen LogP contribution in [0.2, 0.25) is 5.02 Å². The molecule has 3 aromatic heterocycles. The summed E-state index contributed by atoms with van der Waals surface area (Å²) in [7, 11) is 3.36. The van der Waals surface area contributed by atoms with Gasteiger partial charge in [-0.05, 0) is 99.6 Å². The largest absolute Gasteiger partial charge is 0.480 e. The van der Waals surface area contributed by atoms with E-state index in [2.05, 4.69) is 48.9 Å². The summed E-state index contributed by atoms with van der Waals surface area (Å²) in [5.74, 6) is -3.99. The molecule has 1 saturated carbocycles. The number of rotatable bonds is 8. The Labute approximate surface area is 360 Å². The van der Waals surface area contributed by atoms with Crippen LogP contribution in [0.25, 0.3) is 21.8 Å². The van der Waals surface area contributed by atoms with E-state index in [0.717, 1.165) is 75.0 Å². The number of aryl methyl sites for hydroxylation is 2. The van der Waals surface area contributed by atoms with Crippen LogP contribution >= 0.6 is 11.6 Å². The molecule has 62 heavy (non-hydrogen) atoms. The van der Waals surface area contributed by atoms with E-state index in [1.807, 2.05) is 11.7 Å². The van der Waals surface area contributed by atoms with Crippen LogP contribution in [0.4, 0.5) is 36.3 Å². The number of benzene rings is 2. The van der Waals surface area contributed by atoms with Crippen molar-refractivity contribution in [2.75, 3.05) is 54.9 Å². The number of halogens is 4. The molecule has 0 bridgehead atoms. The number of piperidine rings is 3. The SMILES string of the molecule is Cn1nc(C2CCC(=O)NC2=O)c2ccc(C3CCN(CC4CCN(c5ncc(Cl)c(Nc6ccc7c(c6F)c6c(c(=O)n7C)OCC(F)(F)[C@H](C7CC7)N6)n5)CC4)CC3)cc21. The summed E-state index contributed by atoms with van der Waals surface area (Å²) in [6, 6.07) is 8.21. The number of pyridine rings is 1. The lowest BCUT2D eigenvalue weighted by Crippen LogP contribution is -2.44. The Morgan fingerprint density at radius 2 is 1.74 bits per heavy atom. The molecule has 0 radical (unpaired) electrons. The lowest BCUT2D eigenvalue weighted by Gasteiger charge is -2.38. The molecule has 10 rings (SSSR count). The molecule has 3 saturated heterocycles. The second-order valence-electron chi connectivity index (χ2n) is 17.7. The number of fused-ring (bicyclic) bond motifs is 4. The van der Waals surface area contributed by atoms with Gasteiger partial charge in [0, 0.05) is 45.5 Å². The lowest BCUT2D eigenvalue weighted by molar-refractivity contribution is -0.134. The number of anilines is 4. The van der Waals surface area contributed by atoms with Gasteiger partial charge in [-0.15, -0.1) is 0 Å². The summed E-state index contributed by atoms with van der Waals surface area (Å²) in [5.41, 5.74) is 2.53. The van der Waals surface area contributed by atoms with Gasteiger partial charge in [-0.2, -0.15) is 10.1 Å². The predicted molar refractivity (Wildman–Crippen MR) is 229 cm³/mol. The Bertz CT molecular complexity index is 2670. The van der Waals surface area contributed by atoms with Gasteiger partial charge in [-0.25, -0.2) is 18.2 Å². The van der Waals surface area contributed by atoms with Gasteiger partial charge in [0.2, 0.25) is 23.5 Å². The Hall–Kier alpha value is -5.42. The van der Waals surface area contributed by atoms with E-state index in [4.69, 9.17) is 26.4 Å². The number of aromatic nitrogens is 5. The Balaban J connectivity index is 0.775. The molecule has 326 valence electrons. The summed E-state index contributed by atoms with van der Waals surface area (Å²) in [6.07, 6.45) is 7.51. The van der Waals surface area contributed by atoms with E-state index in [9.17, 15) is 14.4 Å². The van der Waals surface area contributed by atoms with Crippen LogP contribution < -0.4 is 31.1 Å². The van der Waals surface area contributed by atoms with Crippen LogP contribution in [0.3, 0.4) is 0 Å². The zero-order chi connectivity index (χ0) is 43.0. The fraction of sp³-hybridized carbons (Fsp3) is 0.500. The van der Waals surface area contributed by atoms with Crippen molar-refractivity contribution in [1.29, 1.82) is 0 Å². The van der Waals surface area contributed by atoms with Crippen molar-refractivity contribution >= 4 is 68.4 Å². The maximum absolute atomic E-state index is 16.6. The minimum Gasteiger partial charge on any atom is -0.480 e. The second-order valence-corrected chi connectivity index (χ2v) is 18.1. The van der Waals surface area contributed by atoms with Gasteiger partial charge >= 0.3 is 5.92 Å². The lowest BCUT2D eigenvalue weighted by atomic mass is 9.87. The molecule has 5 aliphatic rings. The molecule has 4 aliphatic heterocycles. The van der Waals surface area contributed by atoms with Crippen molar-refractivity contribution < 1.29 is 27.5 Å². The molecule has 2 amide bonds.